The van der Waals surface area contributed by atoms with Crippen molar-refractivity contribution in [2.45, 2.75) is 26.4 Å². The van der Waals surface area contributed by atoms with Crippen LogP contribution in [0.2, 0.25) is 0 Å². The van der Waals surface area contributed by atoms with E-state index in [1.807, 2.05) is 0 Å². The molecule has 0 radical (unpaired) electrons. The van der Waals surface area contributed by atoms with Gasteiger partial charge in [0.15, 0.2) is 0 Å². The summed E-state index contributed by atoms with van der Waals surface area (Å²) in [6.45, 7) is 2.83. The molecule has 0 aliphatic rings. The number of nitrogens with one attached hydrogen (secondary N) is 1. The molecular weight excluding hydrogens is 281 g/mol. The van der Waals surface area contributed by atoms with E-state index in [4.69, 9.17) is 4.74 Å². The summed E-state index contributed by atoms with van der Waals surface area (Å²) in [5.74, 6) is -0.402. The Morgan fingerprint density at radius 2 is 2.05 bits per heavy atom. The number of aromatic nitrogens is 2. The number of ether oxygens (including phenoxy) is 1. The molecule has 0 aromatic carbocycles. The summed E-state index contributed by atoms with van der Waals surface area (Å²) in [4.78, 5) is 17.6. The van der Waals surface area contributed by atoms with Gasteiger partial charge in [-0.25, -0.2) is 4.98 Å². The van der Waals surface area contributed by atoms with Crippen molar-refractivity contribution in [3.63, 3.8) is 0 Å². The predicted molar refractivity (Wildman–Crippen MR) is 63.8 cm³/mol. The van der Waals surface area contributed by atoms with Crippen molar-refractivity contribution in [2.24, 2.45) is 0 Å². The summed E-state index contributed by atoms with van der Waals surface area (Å²) < 4.78 is 40.9. The van der Waals surface area contributed by atoms with Crippen LogP contribution in [0, 0.1) is 17.0 Å². The Hall–Kier alpha value is -2.13. The zero-order valence-electron chi connectivity index (χ0n) is 10.8. The lowest BCUT2D eigenvalue weighted by Gasteiger charge is -2.10. The van der Waals surface area contributed by atoms with Gasteiger partial charge in [0.2, 0.25) is 5.95 Å². The van der Waals surface area contributed by atoms with Gasteiger partial charge in [0.1, 0.15) is 5.69 Å². The van der Waals surface area contributed by atoms with Gasteiger partial charge in [-0.15, -0.1) is 0 Å². The Labute approximate surface area is 112 Å². The molecule has 0 bridgehead atoms. The number of hydrogen-bond donors (Lipinski definition) is 1. The van der Waals surface area contributed by atoms with E-state index in [9.17, 15) is 23.3 Å². The second-order valence-electron chi connectivity index (χ2n) is 3.79. The second-order valence-corrected chi connectivity index (χ2v) is 3.79. The Morgan fingerprint density at radius 1 is 1.40 bits per heavy atom. The third-order valence-corrected chi connectivity index (χ3v) is 2.17. The van der Waals surface area contributed by atoms with Crippen LogP contribution >= 0.6 is 0 Å². The first-order valence-electron chi connectivity index (χ1n) is 5.71. The maximum Gasteiger partial charge on any atom is 0.392 e. The molecule has 1 rings (SSSR count). The average molecular weight is 294 g/mol. The number of anilines is 1. The number of rotatable bonds is 6. The lowest BCUT2D eigenvalue weighted by Crippen LogP contribution is -2.15. The molecule has 0 aliphatic heterocycles. The third-order valence-electron chi connectivity index (χ3n) is 2.17. The highest BCUT2D eigenvalue weighted by Crippen LogP contribution is 2.29. The van der Waals surface area contributed by atoms with Crippen LogP contribution in [0.1, 0.15) is 19.0 Å². The maximum absolute atomic E-state index is 12.0. The summed E-state index contributed by atoms with van der Waals surface area (Å²) >= 11 is 0. The lowest BCUT2D eigenvalue weighted by molar-refractivity contribution is -0.387. The minimum absolute atomic E-state index is 0.0166. The van der Waals surface area contributed by atoms with Gasteiger partial charge in [0.05, 0.1) is 18.0 Å². The van der Waals surface area contributed by atoms with Gasteiger partial charge < -0.3 is 10.1 Å². The highest BCUT2D eigenvalue weighted by Gasteiger charge is 2.29. The van der Waals surface area contributed by atoms with Crippen molar-refractivity contribution in [3.8, 4) is 5.88 Å². The minimum atomic E-state index is -4.40. The summed E-state index contributed by atoms with van der Waals surface area (Å²) in [6, 6.07) is 0. The van der Waals surface area contributed by atoms with Crippen molar-refractivity contribution in [1.29, 1.82) is 0 Å². The van der Waals surface area contributed by atoms with Gasteiger partial charge in [-0.3, -0.25) is 10.1 Å². The fourth-order valence-corrected chi connectivity index (χ4v) is 1.35. The van der Waals surface area contributed by atoms with Crippen LogP contribution in [0.5, 0.6) is 5.88 Å². The van der Waals surface area contributed by atoms with Gasteiger partial charge in [0, 0.05) is 6.54 Å². The summed E-state index contributed by atoms with van der Waals surface area (Å²) in [5, 5.41) is 13.6. The molecule has 0 unspecified atom stereocenters. The van der Waals surface area contributed by atoms with E-state index in [0.717, 1.165) is 0 Å². The van der Waals surface area contributed by atoms with Gasteiger partial charge >= 0.3 is 11.9 Å². The quantitative estimate of drug-likeness (QED) is 0.640. The smallest absolute Gasteiger partial charge is 0.392 e. The first-order chi connectivity index (χ1) is 9.24. The number of alkyl halides is 3. The van der Waals surface area contributed by atoms with Crippen LogP contribution in [-0.2, 0) is 0 Å². The number of nitrogens with zero attached hydrogens (tertiary/aromatic N) is 3. The van der Waals surface area contributed by atoms with Crippen LogP contribution in [0.4, 0.5) is 24.8 Å². The van der Waals surface area contributed by atoms with Gasteiger partial charge in [0.25, 0.3) is 5.88 Å². The Kier molecular flexibility index (Phi) is 5.06. The number of nitro groups is 1. The molecule has 1 aromatic rings. The fraction of sp³-hybridized carbons (Fsp3) is 0.600. The molecule has 7 nitrogen and oxygen atoms in total. The monoisotopic (exact) mass is 294 g/mol. The average Bonchev–Trinajstić information content (AvgIpc) is 2.26. The molecular formula is C10H13F3N4O3. The van der Waals surface area contributed by atoms with Gasteiger partial charge in [-0.1, -0.05) is 0 Å². The Bertz CT molecular complexity index is 493. The zero-order chi connectivity index (χ0) is 15.3. The van der Waals surface area contributed by atoms with Crippen molar-refractivity contribution in [2.75, 3.05) is 18.5 Å². The Morgan fingerprint density at radius 3 is 2.55 bits per heavy atom. The molecule has 0 saturated carbocycles. The molecule has 0 atom stereocenters. The first-order valence-corrected chi connectivity index (χ1v) is 5.71. The summed E-state index contributed by atoms with van der Waals surface area (Å²) in [6.07, 6.45) is -5.62. The van der Waals surface area contributed by atoms with E-state index >= 15 is 0 Å². The number of halogens is 3. The predicted octanol–water partition coefficient (Wildman–Crippen LogP) is 2.46. The third kappa shape index (κ3) is 4.52. The van der Waals surface area contributed by atoms with E-state index in [1.54, 1.807) is 6.92 Å². The molecule has 0 fully saturated rings. The van der Waals surface area contributed by atoms with Crippen molar-refractivity contribution in [1.82, 2.24) is 9.97 Å². The molecule has 0 aliphatic carbocycles. The highest BCUT2D eigenvalue weighted by atomic mass is 19.4. The van der Waals surface area contributed by atoms with Crippen LogP contribution in [0.15, 0.2) is 0 Å². The van der Waals surface area contributed by atoms with E-state index in [1.165, 1.54) is 6.92 Å². The normalized spacial score (nSPS) is 11.2. The van der Waals surface area contributed by atoms with E-state index in [0.29, 0.717) is 6.54 Å². The molecule has 112 valence electrons. The first kappa shape index (κ1) is 15.9. The van der Waals surface area contributed by atoms with E-state index in [-0.39, 0.29) is 11.6 Å². The standard InChI is InChI=1S/C10H13F3N4O3/c1-3-14-9-15-6(2)7(17(18)19)8(16-9)20-5-4-10(11,12)13/h3-5H2,1-2H3,(H,14,15,16). The number of hydrogen-bond acceptors (Lipinski definition) is 6. The topological polar surface area (TPSA) is 90.2 Å². The SMILES string of the molecule is CCNc1nc(C)c([N+](=O)[O-])c(OCCC(F)(F)F)n1. The van der Waals surface area contributed by atoms with Crippen LogP contribution in [-0.4, -0.2) is 34.2 Å². The molecule has 0 spiro atoms. The number of aryl methyl sites for hydroxylation is 1. The Balaban J connectivity index is 2.98. The zero-order valence-corrected chi connectivity index (χ0v) is 10.8. The van der Waals surface area contributed by atoms with Crippen LogP contribution < -0.4 is 10.1 Å². The summed E-state index contributed by atoms with van der Waals surface area (Å²) in [7, 11) is 0. The molecule has 0 saturated heterocycles. The van der Waals surface area contributed by atoms with Gasteiger partial charge in [-0.05, 0) is 13.8 Å². The van der Waals surface area contributed by atoms with Crippen molar-refractivity contribution in [3.05, 3.63) is 15.8 Å². The molecule has 20 heavy (non-hydrogen) atoms. The minimum Gasteiger partial charge on any atom is -0.472 e. The van der Waals surface area contributed by atoms with Crippen molar-refractivity contribution >= 4 is 11.6 Å². The highest BCUT2D eigenvalue weighted by molar-refractivity contribution is 5.48. The van der Waals surface area contributed by atoms with Crippen LogP contribution in [0.25, 0.3) is 0 Å². The maximum atomic E-state index is 12.0. The lowest BCUT2D eigenvalue weighted by atomic mass is 10.3. The van der Waals surface area contributed by atoms with Crippen molar-refractivity contribution < 1.29 is 22.8 Å². The largest absolute Gasteiger partial charge is 0.472 e. The molecule has 1 aromatic heterocycles. The molecule has 0 amide bonds. The molecule has 10 heteroatoms. The van der Waals surface area contributed by atoms with Gasteiger partial charge in [-0.2, -0.15) is 18.2 Å². The second kappa shape index (κ2) is 6.35. The van der Waals surface area contributed by atoms with E-state index < -0.39 is 35.7 Å². The molecule has 1 heterocycles. The van der Waals surface area contributed by atoms with E-state index in [2.05, 4.69) is 15.3 Å². The summed E-state index contributed by atoms with van der Waals surface area (Å²) in [5.41, 5.74) is -0.517. The molecule has 1 N–H and O–H groups in total. The fourth-order valence-electron chi connectivity index (χ4n) is 1.35. The van der Waals surface area contributed by atoms with Crippen LogP contribution in [0.3, 0.4) is 0 Å².